The Kier molecular flexibility index (Phi) is 3.77. The highest BCUT2D eigenvalue weighted by molar-refractivity contribution is 5.21. The molecule has 0 aliphatic heterocycles. The lowest BCUT2D eigenvalue weighted by Crippen LogP contribution is -2.14. The van der Waals surface area contributed by atoms with Crippen molar-refractivity contribution >= 4 is 0 Å². The number of rotatable bonds is 5. The Morgan fingerprint density at radius 1 is 1.56 bits per heavy atom. The van der Waals surface area contributed by atoms with Crippen LogP contribution in [0, 0.1) is 0 Å². The van der Waals surface area contributed by atoms with E-state index < -0.39 is 0 Å². The molecule has 1 unspecified atom stereocenters. The van der Waals surface area contributed by atoms with Gasteiger partial charge in [-0.3, -0.25) is 0 Å². The third-order valence-electron chi connectivity index (χ3n) is 2.54. The van der Waals surface area contributed by atoms with Crippen LogP contribution in [-0.2, 0) is 11.3 Å². The molecule has 0 radical (unpaired) electrons. The summed E-state index contributed by atoms with van der Waals surface area (Å²) in [6.07, 6.45) is 13.6. The van der Waals surface area contributed by atoms with E-state index in [1.54, 1.807) is 6.20 Å². The summed E-state index contributed by atoms with van der Waals surface area (Å²) in [5.74, 6) is 0. The highest BCUT2D eigenvalue weighted by atomic mass is 16.5. The molecule has 1 aliphatic carbocycles. The molecule has 0 saturated heterocycles. The molecule has 2 N–H and O–H groups in total. The van der Waals surface area contributed by atoms with Crippen molar-refractivity contribution in [1.29, 1.82) is 0 Å². The van der Waals surface area contributed by atoms with Crippen molar-refractivity contribution in [2.45, 2.75) is 25.5 Å². The fraction of sp³-hybridized carbons (Fsp3) is 0.417. The van der Waals surface area contributed by atoms with Gasteiger partial charge in [0.1, 0.15) is 0 Å². The van der Waals surface area contributed by atoms with Crippen molar-refractivity contribution in [2.24, 2.45) is 5.73 Å². The maximum atomic E-state index is 5.71. The first-order chi connectivity index (χ1) is 7.84. The van der Waals surface area contributed by atoms with Crippen molar-refractivity contribution in [3.63, 3.8) is 0 Å². The van der Waals surface area contributed by atoms with Gasteiger partial charge in [-0.15, -0.1) is 0 Å². The predicted molar refractivity (Wildman–Crippen MR) is 62.6 cm³/mol. The Morgan fingerprint density at radius 2 is 2.50 bits per heavy atom. The lowest BCUT2D eigenvalue weighted by atomic mass is 10.1. The molecule has 0 saturated carbocycles. The summed E-state index contributed by atoms with van der Waals surface area (Å²) in [7, 11) is 0. The Bertz CT molecular complexity index is 368. The number of nitrogens with two attached hydrogens (primary N) is 1. The molecular weight excluding hydrogens is 202 g/mol. The number of hydrogen-bond donors (Lipinski definition) is 1. The van der Waals surface area contributed by atoms with E-state index in [9.17, 15) is 0 Å². The van der Waals surface area contributed by atoms with Crippen molar-refractivity contribution < 1.29 is 4.74 Å². The van der Waals surface area contributed by atoms with Gasteiger partial charge in [-0.25, -0.2) is 4.98 Å². The average molecular weight is 219 g/mol. The third-order valence-corrected chi connectivity index (χ3v) is 2.54. The molecule has 0 fully saturated rings. The molecule has 0 bridgehead atoms. The Labute approximate surface area is 95.4 Å². The fourth-order valence-electron chi connectivity index (χ4n) is 1.64. The van der Waals surface area contributed by atoms with Gasteiger partial charge in [-0.2, -0.15) is 0 Å². The van der Waals surface area contributed by atoms with E-state index in [4.69, 9.17) is 10.5 Å². The van der Waals surface area contributed by atoms with E-state index in [0.717, 1.165) is 31.7 Å². The van der Waals surface area contributed by atoms with Gasteiger partial charge in [-0.05, 0) is 18.9 Å². The number of aromatic nitrogens is 2. The molecule has 16 heavy (non-hydrogen) atoms. The molecule has 4 heteroatoms. The molecular formula is C12H17N3O. The molecule has 0 aromatic carbocycles. The van der Waals surface area contributed by atoms with Crippen LogP contribution in [0.1, 0.15) is 12.8 Å². The minimum atomic E-state index is 0.190. The summed E-state index contributed by atoms with van der Waals surface area (Å²) in [6, 6.07) is 0. The van der Waals surface area contributed by atoms with Crippen LogP contribution in [0.25, 0.3) is 0 Å². The zero-order chi connectivity index (χ0) is 11.2. The quantitative estimate of drug-likeness (QED) is 0.763. The van der Waals surface area contributed by atoms with Gasteiger partial charge in [-0.1, -0.05) is 12.2 Å². The Balaban J connectivity index is 1.60. The first kappa shape index (κ1) is 11.0. The summed E-state index contributed by atoms with van der Waals surface area (Å²) in [4.78, 5) is 3.99. The predicted octanol–water partition coefficient (Wildman–Crippen LogP) is 1.46. The van der Waals surface area contributed by atoms with Crippen LogP contribution in [0.5, 0.6) is 0 Å². The molecule has 0 amide bonds. The minimum Gasteiger partial charge on any atom is -0.399 e. The fourth-order valence-corrected chi connectivity index (χ4v) is 1.64. The second-order valence-corrected chi connectivity index (χ2v) is 3.86. The monoisotopic (exact) mass is 219 g/mol. The number of allylic oxidation sites excluding steroid dienone is 1. The van der Waals surface area contributed by atoms with Gasteiger partial charge in [0.15, 0.2) is 0 Å². The van der Waals surface area contributed by atoms with Gasteiger partial charge >= 0.3 is 0 Å². The summed E-state index contributed by atoms with van der Waals surface area (Å²) in [6.45, 7) is 1.72. The van der Waals surface area contributed by atoms with Crippen molar-refractivity contribution in [1.82, 2.24) is 9.55 Å². The first-order valence-corrected chi connectivity index (χ1v) is 5.56. The molecule has 4 nitrogen and oxygen atoms in total. The third kappa shape index (κ3) is 3.24. The van der Waals surface area contributed by atoms with Crippen molar-refractivity contribution in [3.05, 3.63) is 42.6 Å². The maximum absolute atomic E-state index is 5.71. The van der Waals surface area contributed by atoms with Crippen LogP contribution in [0.2, 0.25) is 0 Å². The van der Waals surface area contributed by atoms with E-state index in [1.165, 1.54) is 0 Å². The lowest BCUT2D eigenvalue weighted by Gasteiger charge is -2.15. The molecule has 2 rings (SSSR count). The minimum absolute atomic E-state index is 0.190. The number of aryl methyl sites for hydroxylation is 1. The van der Waals surface area contributed by atoms with Gasteiger partial charge in [0, 0.05) is 31.2 Å². The van der Waals surface area contributed by atoms with Gasteiger partial charge < -0.3 is 15.0 Å². The summed E-state index contributed by atoms with van der Waals surface area (Å²) >= 11 is 0. The van der Waals surface area contributed by atoms with Gasteiger partial charge in [0.05, 0.1) is 12.4 Å². The second-order valence-electron chi connectivity index (χ2n) is 3.86. The van der Waals surface area contributed by atoms with E-state index in [1.807, 2.05) is 30.8 Å². The van der Waals surface area contributed by atoms with Crippen molar-refractivity contribution in [3.8, 4) is 0 Å². The topological polar surface area (TPSA) is 53.1 Å². The average Bonchev–Trinajstić information content (AvgIpc) is 2.80. The number of imidazole rings is 1. The molecule has 1 aliphatic rings. The zero-order valence-corrected chi connectivity index (χ0v) is 9.25. The lowest BCUT2D eigenvalue weighted by molar-refractivity contribution is 0.0820. The molecule has 0 spiro atoms. The highest BCUT2D eigenvalue weighted by Gasteiger charge is 2.06. The first-order valence-electron chi connectivity index (χ1n) is 5.56. The van der Waals surface area contributed by atoms with Crippen molar-refractivity contribution in [2.75, 3.05) is 6.61 Å². The smallest absolute Gasteiger partial charge is 0.0945 e. The zero-order valence-electron chi connectivity index (χ0n) is 9.25. The summed E-state index contributed by atoms with van der Waals surface area (Å²) < 4.78 is 7.76. The van der Waals surface area contributed by atoms with Gasteiger partial charge in [0.2, 0.25) is 0 Å². The van der Waals surface area contributed by atoms with Crippen LogP contribution in [0.4, 0.5) is 0 Å². The van der Waals surface area contributed by atoms with Crippen LogP contribution < -0.4 is 5.73 Å². The second kappa shape index (κ2) is 5.51. The largest absolute Gasteiger partial charge is 0.399 e. The van der Waals surface area contributed by atoms with Crippen LogP contribution >= 0.6 is 0 Å². The van der Waals surface area contributed by atoms with E-state index in [-0.39, 0.29) is 6.10 Å². The molecule has 1 aromatic heterocycles. The van der Waals surface area contributed by atoms with Gasteiger partial charge in [0.25, 0.3) is 0 Å². The summed E-state index contributed by atoms with van der Waals surface area (Å²) in [5, 5.41) is 0. The normalized spacial score (nSPS) is 19.8. The number of ether oxygens (including phenoxy) is 1. The summed E-state index contributed by atoms with van der Waals surface area (Å²) in [5.41, 5.74) is 6.46. The molecule has 1 aromatic rings. The van der Waals surface area contributed by atoms with Crippen LogP contribution in [-0.4, -0.2) is 22.3 Å². The van der Waals surface area contributed by atoms with E-state index in [0.29, 0.717) is 0 Å². The number of nitrogens with zero attached hydrogens (tertiary/aromatic N) is 2. The van der Waals surface area contributed by atoms with Crippen LogP contribution in [0.15, 0.2) is 42.6 Å². The standard InChI is InChI=1S/C12H17N3O/c13-11-2-4-12(5-3-11)16-9-1-7-15-8-6-14-10-15/h2-4,6,8,10,12H,1,5,7,9,13H2. The van der Waals surface area contributed by atoms with E-state index >= 15 is 0 Å². The molecule has 1 heterocycles. The molecule has 86 valence electrons. The molecule has 1 atom stereocenters. The maximum Gasteiger partial charge on any atom is 0.0945 e. The highest BCUT2D eigenvalue weighted by Crippen LogP contribution is 2.10. The van der Waals surface area contributed by atoms with E-state index in [2.05, 4.69) is 9.55 Å². The van der Waals surface area contributed by atoms with Crippen LogP contribution in [0.3, 0.4) is 0 Å². The Morgan fingerprint density at radius 3 is 3.19 bits per heavy atom. The Hall–Kier alpha value is -1.55. The SMILES string of the molecule is NC1=CCC(OCCCn2ccnc2)C=C1. The number of hydrogen-bond acceptors (Lipinski definition) is 3.